The van der Waals surface area contributed by atoms with Crippen molar-refractivity contribution in [1.29, 1.82) is 0 Å². The molecule has 0 rings (SSSR count). The van der Waals surface area contributed by atoms with Gasteiger partial charge in [-0.3, -0.25) is 0 Å². The molecule has 0 fully saturated rings. The predicted molar refractivity (Wildman–Crippen MR) is 48.4 cm³/mol. The summed E-state index contributed by atoms with van der Waals surface area (Å²) in [6, 6.07) is 0. The second-order valence-corrected chi connectivity index (χ2v) is 2.69. The zero-order valence-electron chi connectivity index (χ0n) is 8.05. The van der Waals surface area contributed by atoms with E-state index in [1.807, 2.05) is 0 Å². The number of carbonyl (C=O) groups excluding carboxylic acids is 1. The fourth-order valence-corrected chi connectivity index (χ4v) is 0.591. The molecule has 0 heterocycles. The molecular weight excluding hydrogens is 154 g/mol. The summed E-state index contributed by atoms with van der Waals surface area (Å²) in [5, 5.41) is 0. The molecule has 0 radical (unpaired) electrons. The summed E-state index contributed by atoms with van der Waals surface area (Å²) in [6.45, 7) is 6.90. The number of hydrogen-bond donors (Lipinski definition) is 0. The number of allylic oxidation sites excluding steroid dienone is 1. The van der Waals surface area contributed by atoms with E-state index in [0.717, 1.165) is 0 Å². The van der Waals surface area contributed by atoms with Gasteiger partial charge in [0.2, 0.25) is 0 Å². The van der Waals surface area contributed by atoms with Gasteiger partial charge in [-0.2, -0.15) is 0 Å². The summed E-state index contributed by atoms with van der Waals surface area (Å²) in [6.07, 6.45) is 1.72. The summed E-state index contributed by atoms with van der Waals surface area (Å²) in [5.41, 5.74) is 0.399. The Morgan fingerprint density at radius 2 is 2.00 bits per heavy atom. The number of rotatable bonds is 3. The first-order chi connectivity index (χ1) is 5.49. The molecule has 0 aromatic carbocycles. The van der Waals surface area contributed by atoms with Crippen molar-refractivity contribution >= 4 is 5.97 Å². The van der Waals surface area contributed by atoms with Crippen LogP contribution in [0.3, 0.4) is 0 Å². The molecule has 0 N–H and O–H groups in total. The van der Waals surface area contributed by atoms with Gasteiger partial charge in [0, 0.05) is 19.7 Å². The Bertz CT molecular complexity index is 217. The number of carbonyl (C=O) groups is 1. The second-order valence-electron chi connectivity index (χ2n) is 2.69. The van der Waals surface area contributed by atoms with Crippen LogP contribution in [0, 0.1) is 0 Å². The molecule has 0 aliphatic carbocycles. The Hall–Kier alpha value is -1.25. The van der Waals surface area contributed by atoms with E-state index in [-0.39, 0.29) is 0 Å². The standard InChI is InChI=1S/C9H15NO2/c1-6-8(10(4)5)12-9(11)7(2)3/h6H,2H2,1,3-5H3. The summed E-state index contributed by atoms with van der Waals surface area (Å²) in [5.74, 6) is 0.139. The Labute approximate surface area is 73.3 Å². The molecule has 0 aliphatic rings. The van der Waals surface area contributed by atoms with Crippen LogP contribution >= 0.6 is 0 Å². The molecule has 0 saturated carbocycles. The first-order valence-corrected chi connectivity index (χ1v) is 3.70. The third-order valence-corrected chi connectivity index (χ3v) is 1.23. The lowest BCUT2D eigenvalue weighted by atomic mass is 10.4. The van der Waals surface area contributed by atoms with Gasteiger partial charge in [-0.05, 0) is 19.9 Å². The average Bonchev–Trinajstić information content (AvgIpc) is 1.98. The molecule has 68 valence electrons. The van der Waals surface area contributed by atoms with E-state index in [1.165, 1.54) is 0 Å². The smallest absolute Gasteiger partial charge is 0.339 e. The van der Waals surface area contributed by atoms with Gasteiger partial charge < -0.3 is 9.64 Å². The molecule has 0 aromatic rings. The number of esters is 1. The van der Waals surface area contributed by atoms with Crippen molar-refractivity contribution in [3.8, 4) is 0 Å². The lowest BCUT2D eigenvalue weighted by Crippen LogP contribution is -2.17. The van der Waals surface area contributed by atoms with E-state index in [0.29, 0.717) is 11.5 Å². The Morgan fingerprint density at radius 1 is 1.50 bits per heavy atom. The minimum absolute atomic E-state index is 0.392. The van der Waals surface area contributed by atoms with Crippen molar-refractivity contribution in [2.75, 3.05) is 14.1 Å². The Balaban J connectivity index is 4.24. The average molecular weight is 169 g/mol. The highest BCUT2D eigenvalue weighted by atomic mass is 16.5. The fourth-order valence-electron chi connectivity index (χ4n) is 0.591. The highest BCUT2D eigenvalue weighted by Gasteiger charge is 2.07. The Kier molecular flexibility index (Phi) is 4.11. The number of nitrogens with zero attached hydrogens (tertiary/aromatic N) is 1. The van der Waals surface area contributed by atoms with Gasteiger partial charge in [0.05, 0.1) is 0 Å². The molecule has 3 heteroatoms. The van der Waals surface area contributed by atoms with Crippen molar-refractivity contribution in [3.05, 3.63) is 24.1 Å². The van der Waals surface area contributed by atoms with Crippen molar-refractivity contribution < 1.29 is 9.53 Å². The number of ether oxygens (including phenoxy) is 1. The minimum Gasteiger partial charge on any atom is -0.407 e. The van der Waals surface area contributed by atoms with Crippen LogP contribution in [0.15, 0.2) is 24.1 Å². The van der Waals surface area contributed by atoms with Crippen LogP contribution in [0.4, 0.5) is 0 Å². The third-order valence-electron chi connectivity index (χ3n) is 1.23. The van der Waals surface area contributed by atoms with E-state index in [2.05, 4.69) is 6.58 Å². The lowest BCUT2D eigenvalue weighted by Gasteiger charge is -2.15. The zero-order valence-corrected chi connectivity index (χ0v) is 8.05. The maximum Gasteiger partial charge on any atom is 0.339 e. The topological polar surface area (TPSA) is 29.5 Å². The van der Waals surface area contributed by atoms with E-state index in [1.54, 1.807) is 38.9 Å². The molecule has 0 atom stereocenters. The van der Waals surface area contributed by atoms with E-state index < -0.39 is 5.97 Å². The van der Waals surface area contributed by atoms with Gasteiger partial charge in [0.25, 0.3) is 0 Å². The molecule has 0 aliphatic heterocycles. The normalized spacial score (nSPS) is 10.8. The molecule has 0 amide bonds. The largest absolute Gasteiger partial charge is 0.407 e. The van der Waals surface area contributed by atoms with Crippen LogP contribution in [-0.2, 0) is 9.53 Å². The van der Waals surface area contributed by atoms with Gasteiger partial charge in [0.1, 0.15) is 0 Å². The van der Waals surface area contributed by atoms with Crippen LogP contribution < -0.4 is 0 Å². The van der Waals surface area contributed by atoms with Gasteiger partial charge in [-0.15, -0.1) is 0 Å². The summed E-state index contributed by atoms with van der Waals surface area (Å²) in [4.78, 5) is 12.8. The zero-order chi connectivity index (χ0) is 9.72. The van der Waals surface area contributed by atoms with Crippen molar-refractivity contribution in [3.63, 3.8) is 0 Å². The van der Waals surface area contributed by atoms with Crippen LogP contribution in [-0.4, -0.2) is 25.0 Å². The predicted octanol–water partition coefficient (Wildman–Crippen LogP) is 1.53. The minimum atomic E-state index is -0.392. The summed E-state index contributed by atoms with van der Waals surface area (Å²) in [7, 11) is 3.61. The second kappa shape index (κ2) is 4.59. The molecule has 12 heavy (non-hydrogen) atoms. The first-order valence-electron chi connectivity index (χ1n) is 3.70. The van der Waals surface area contributed by atoms with Gasteiger partial charge in [-0.1, -0.05) is 6.58 Å². The highest BCUT2D eigenvalue weighted by molar-refractivity contribution is 5.87. The SMILES string of the molecule is C=C(C)C(=O)OC(=CC)N(C)C. The molecule has 0 aromatic heterocycles. The van der Waals surface area contributed by atoms with Gasteiger partial charge in [0.15, 0.2) is 5.88 Å². The van der Waals surface area contributed by atoms with E-state index in [4.69, 9.17) is 4.74 Å². The quantitative estimate of drug-likeness (QED) is 0.364. The van der Waals surface area contributed by atoms with Gasteiger partial charge >= 0.3 is 5.97 Å². The maximum atomic E-state index is 11.0. The number of hydrogen-bond acceptors (Lipinski definition) is 3. The third kappa shape index (κ3) is 3.23. The molecule has 0 unspecified atom stereocenters. The summed E-state index contributed by atoms with van der Waals surface area (Å²) >= 11 is 0. The van der Waals surface area contributed by atoms with Crippen LogP contribution in [0.25, 0.3) is 0 Å². The van der Waals surface area contributed by atoms with Crippen LogP contribution in [0.1, 0.15) is 13.8 Å². The molecule has 0 saturated heterocycles. The van der Waals surface area contributed by atoms with Crippen molar-refractivity contribution in [2.45, 2.75) is 13.8 Å². The van der Waals surface area contributed by atoms with Crippen LogP contribution in [0.5, 0.6) is 0 Å². The highest BCUT2D eigenvalue weighted by Crippen LogP contribution is 2.04. The molecule has 3 nitrogen and oxygen atoms in total. The maximum absolute atomic E-state index is 11.0. The van der Waals surface area contributed by atoms with Gasteiger partial charge in [-0.25, -0.2) is 4.79 Å². The fraction of sp³-hybridized carbons (Fsp3) is 0.444. The van der Waals surface area contributed by atoms with Crippen molar-refractivity contribution in [1.82, 2.24) is 4.90 Å². The lowest BCUT2D eigenvalue weighted by molar-refractivity contribution is -0.136. The summed E-state index contributed by atoms with van der Waals surface area (Å²) < 4.78 is 4.97. The van der Waals surface area contributed by atoms with E-state index in [9.17, 15) is 4.79 Å². The van der Waals surface area contributed by atoms with Crippen molar-refractivity contribution in [2.24, 2.45) is 0 Å². The molecule has 0 spiro atoms. The van der Waals surface area contributed by atoms with E-state index >= 15 is 0 Å². The monoisotopic (exact) mass is 169 g/mol. The first kappa shape index (κ1) is 10.8. The Morgan fingerprint density at radius 3 is 2.25 bits per heavy atom. The van der Waals surface area contributed by atoms with Crippen LogP contribution in [0.2, 0.25) is 0 Å². The molecule has 0 bridgehead atoms. The molecular formula is C9H15NO2.